The van der Waals surface area contributed by atoms with E-state index in [-0.39, 0.29) is 5.91 Å². The lowest BCUT2D eigenvalue weighted by Crippen LogP contribution is -2.43. The summed E-state index contributed by atoms with van der Waals surface area (Å²) < 4.78 is 0. The summed E-state index contributed by atoms with van der Waals surface area (Å²) in [5.74, 6) is 0.849. The summed E-state index contributed by atoms with van der Waals surface area (Å²) in [7, 11) is 0. The zero-order chi connectivity index (χ0) is 12.5. The van der Waals surface area contributed by atoms with Crippen molar-refractivity contribution in [3.8, 4) is 0 Å². The predicted molar refractivity (Wildman–Crippen MR) is 72.0 cm³/mol. The van der Waals surface area contributed by atoms with Gasteiger partial charge >= 0.3 is 0 Å². The molecule has 1 fully saturated rings. The molecule has 0 aromatic rings. The van der Waals surface area contributed by atoms with Gasteiger partial charge in [0.2, 0.25) is 5.91 Å². The fourth-order valence-corrected chi connectivity index (χ4v) is 2.44. The summed E-state index contributed by atoms with van der Waals surface area (Å²) in [5.41, 5.74) is 0. The van der Waals surface area contributed by atoms with Gasteiger partial charge in [-0.3, -0.25) is 4.79 Å². The molecule has 1 rings (SSSR count). The van der Waals surface area contributed by atoms with Gasteiger partial charge in [-0.25, -0.2) is 0 Å². The first-order valence-electron chi connectivity index (χ1n) is 7.24. The lowest BCUT2D eigenvalue weighted by molar-refractivity contribution is -0.122. The molecule has 1 heterocycles. The number of rotatable bonds is 7. The first kappa shape index (κ1) is 14.5. The lowest BCUT2D eigenvalue weighted by atomic mass is 9.90. The molecule has 3 heteroatoms. The van der Waals surface area contributed by atoms with Crippen molar-refractivity contribution in [1.29, 1.82) is 0 Å². The van der Waals surface area contributed by atoms with E-state index in [0.717, 1.165) is 19.5 Å². The average Bonchev–Trinajstić information content (AvgIpc) is 2.32. The van der Waals surface area contributed by atoms with Crippen molar-refractivity contribution in [2.24, 2.45) is 5.92 Å². The Kier molecular flexibility index (Phi) is 7.25. The molecule has 2 N–H and O–H groups in total. The second-order valence-electron chi connectivity index (χ2n) is 5.29. The molecule has 0 bridgehead atoms. The number of carbonyl (C=O) groups excluding carboxylic acids is 1. The number of piperidine rings is 1. The molecule has 0 aliphatic carbocycles. The Morgan fingerprint density at radius 1 is 1.35 bits per heavy atom. The van der Waals surface area contributed by atoms with E-state index in [1.54, 1.807) is 0 Å². The van der Waals surface area contributed by atoms with Crippen LogP contribution in [0.1, 0.15) is 58.8 Å². The predicted octanol–water partition coefficient (Wildman–Crippen LogP) is 2.46. The zero-order valence-electron chi connectivity index (χ0n) is 11.4. The molecule has 2 unspecified atom stereocenters. The standard InChI is InChI=1S/C14H28N2O/c1-3-4-5-6-9-16-14(17)11-13-12(2)8-7-10-15-13/h12-13,15H,3-11H2,1-2H3,(H,16,17). The molecule has 1 amide bonds. The third-order valence-electron chi connectivity index (χ3n) is 3.69. The molecule has 0 aromatic heterocycles. The number of nitrogens with one attached hydrogen (secondary N) is 2. The molecular formula is C14H28N2O. The molecular weight excluding hydrogens is 212 g/mol. The minimum atomic E-state index is 0.216. The van der Waals surface area contributed by atoms with Crippen molar-refractivity contribution in [3.63, 3.8) is 0 Å². The van der Waals surface area contributed by atoms with Crippen LogP contribution in [0.15, 0.2) is 0 Å². The highest BCUT2D eigenvalue weighted by molar-refractivity contribution is 5.76. The van der Waals surface area contributed by atoms with Gasteiger partial charge < -0.3 is 10.6 Å². The summed E-state index contributed by atoms with van der Waals surface area (Å²) in [6.07, 6.45) is 8.02. The Morgan fingerprint density at radius 2 is 2.18 bits per heavy atom. The van der Waals surface area contributed by atoms with Crippen molar-refractivity contribution < 1.29 is 4.79 Å². The molecule has 0 aromatic carbocycles. The van der Waals surface area contributed by atoms with Gasteiger partial charge in [-0.2, -0.15) is 0 Å². The molecule has 100 valence electrons. The Labute approximate surface area is 106 Å². The maximum atomic E-state index is 11.7. The fraction of sp³-hybridized carbons (Fsp3) is 0.929. The van der Waals surface area contributed by atoms with E-state index in [1.165, 1.54) is 32.1 Å². The molecule has 0 saturated carbocycles. The number of unbranched alkanes of at least 4 members (excludes halogenated alkanes) is 3. The summed E-state index contributed by atoms with van der Waals surface area (Å²) in [6.45, 7) is 6.36. The van der Waals surface area contributed by atoms with Gasteiger partial charge in [0.25, 0.3) is 0 Å². The lowest BCUT2D eigenvalue weighted by Gasteiger charge is -2.29. The fourth-order valence-electron chi connectivity index (χ4n) is 2.44. The van der Waals surface area contributed by atoms with Crippen LogP contribution < -0.4 is 10.6 Å². The number of amides is 1. The van der Waals surface area contributed by atoms with Gasteiger partial charge in [0.15, 0.2) is 0 Å². The Hall–Kier alpha value is -0.570. The first-order chi connectivity index (χ1) is 8.24. The van der Waals surface area contributed by atoms with Crippen molar-refractivity contribution in [2.45, 2.75) is 64.8 Å². The number of carbonyl (C=O) groups is 1. The van der Waals surface area contributed by atoms with Crippen molar-refractivity contribution in [2.75, 3.05) is 13.1 Å². The SMILES string of the molecule is CCCCCCNC(=O)CC1NCCCC1C. The molecule has 3 nitrogen and oxygen atoms in total. The summed E-state index contributed by atoms with van der Waals surface area (Å²) >= 11 is 0. The van der Waals surface area contributed by atoms with Crippen LogP contribution in [-0.4, -0.2) is 25.0 Å². The van der Waals surface area contributed by atoms with Crippen LogP contribution in [0.25, 0.3) is 0 Å². The largest absolute Gasteiger partial charge is 0.356 e. The molecule has 0 radical (unpaired) electrons. The van der Waals surface area contributed by atoms with Gasteiger partial charge in [0.05, 0.1) is 0 Å². The second kappa shape index (κ2) is 8.51. The maximum Gasteiger partial charge on any atom is 0.221 e. The summed E-state index contributed by atoms with van der Waals surface area (Å²) in [4.78, 5) is 11.7. The quantitative estimate of drug-likeness (QED) is 0.671. The number of hydrogen-bond acceptors (Lipinski definition) is 2. The minimum absolute atomic E-state index is 0.216. The van der Waals surface area contributed by atoms with Gasteiger partial charge in [0.1, 0.15) is 0 Å². The molecule has 1 saturated heterocycles. The van der Waals surface area contributed by atoms with E-state index in [1.807, 2.05) is 0 Å². The van der Waals surface area contributed by atoms with E-state index in [2.05, 4.69) is 24.5 Å². The number of hydrogen-bond donors (Lipinski definition) is 2. The highest BCUT2D eigenvalue weighted by Gasteiger charge is 2.22. The molecule has 1 aliphatic heterocycles. The van der Waals surface area contributed by atoms with Crippen LogP contribution in [0.2, 0.25) is 0 Å². The van der Waals surface area contributed by atoms with E-state index in [9.17, 15) is 4.79 Å². The van der Waals surface area contributed by atoms with Crippen LogP contribution in [0.5, 0.6) is 0 Å². The Morgan fingerprint density at radius 3 is 2.88 bits per heavy atom. The topological polar surface area (TPSA) is 41.1 Å². The van der Waals surface area contributed by atoms with Crippen LogP contribution in [0.3, 0.4) is 0 Å². The Bertz CT molecular complexity index is 218. The smallest absolute Gasteiger partial charge is 0.221 e. The van der Waals surface area contributed by atoms with E-state index in [0.29, 0.717) is 18.4 Å². The second-order valence-corrected chi connectivity index (χ2v) is 5.29. The molecule has 17 heavy (non-hydrogen) atoms. The highest BCUT2D eigenvalue weighted by Crippen LogP contribution is 2.17. The normalized spacial score (nSPS) is 24.6. The molecule has 1 aliphatic rings. The zero-order valence-corrected chi connectivity index (χ0v) is 11.4. The van der Waals surface area contributed by atoms with E-state index in [4.69, 9.17) is 0 Å². The van der Waals surface area contributed by atoms with Crippen LogP contribution in [-0.2, 0) is 4.79 Å². The van der Waals surface area contributed by atoms with E-state index >= 15 is 0 Å². The van der Waals surface area contributed by atoms with E-state index < -0.39 is 0 Å². The van der Waals surface area contributed by atoms with Crippen LogP contribution >= 0.6 is 0 Å². The minimum Gasteiger partial charge on any atom is -0.356 e. The van der Waals surface area contributed by atoms with Gasteiger partial charge in [-0.1, -0.05) is 33.1 Å². The van der Waals surface area contributed by atoms with Gasteiger partial charge in [0, 0.05) is 19.0 Å². The monoisotopic (exact) mass is 240 g/mol. The van der Waals surface area contributed by atoms with Crippen molar-refractivity contribution >= 4 is 5.91 Å². The highest BCUT2D eigenvalue weighted by atomic mass is 16.1. The molecule has 2 atom stereocenters. The van der Waals surface area contributed by atoms with Crippen molar-refractivity contribution in [3.05, 3.63) is 0 Å². The maximum absolute atomic E-state index is 11.7. The van der Waals surface area contributed by atoms with Crippen molar-refractivity contribution in [1.82, 2.24) is 10.6 Å². The third kappa shape index (κ3) is 6.06. The summed E-state index contributed by atoms with van der Waals surface area (Å²) in [6, 6.07) is 0.388. The van der Waals surface area contributed by atoms with Crippen LogP contribution in [0.4, 0.5) is 0 Å². The average molecular weight is 240 g/mol. The summed E-state index contributed by atoms with van der Waals surface area (Å²) in [5, 5.41) is 6.48. The van der Waals surface area contributed by atoms with Gasteiger partial charge in [-0.05, 0) is 31.7 Å². The van der Waals surface area contributed by atoms with Crippen LogP contribution in [0, 0.1) is 5.92 Å². The first-order valence-corrected chi connectivity index (χ1v) is 7.24. The van der Waals surface area contributed by atoms with Gasteiger partial charge in [-0.15, -0.1) is 0 Å². The third-order valence-corrected chi connectivity index (χ3v) is 3.69. The molecule has 0 spiro atoms. The Balaban J connectivity index is 2.07.